The van der Waals surface area contributed by atoms with Crippen LogP contribution in [0.4, 0.5) is 5.69 Å². The molecule has 1 N–H and O–H groups in total. The number of nitrogens with zero attached hydrogens (tertiary/aromatic N) is 3. The van der Waals surface area contributed by atoms with Gasteiger partial charge in [-0.05, 0) is 43.7 Å². The minimum absolute atomic E-state index is 0.0804. The van der Waals surface area contributed by atoms with Gasteiger partial charge in [-0.1, -0.05) is 25.1 Å². The first-order valence-corrected chi connectivity index (χ1v) is 11.1. The zero-order valence-corrected chi connectivity index (χ0v) is 17.9. The van der Waals surface area contributed by atoms with Crippen molar-refractivity contribution in [3.8, 4) is 17.1 Å². The molecule has 1 amide bonds. The summed E-state index contributed by atoms with van der Waals surface area (Å²) >= 11 is 3.15. The maximum Gasteiger partial charge on any atom is 0.234 e. The van der Waals surface area contributed by atoms with Crippen LogP contribution in [0.15, 0.2) is 40.9 Å². The van der Waals surface area contributed by atoms with Gasteiger partial charge in [0.2, 0.25) is 5.91 Å². The van der Waals surface area contributed by atoms with E-state index in [4.69, 9.17) is 4.74 Å². The van der Waals surface area contributed by atoms with Crippen LogP contribution in [-0.4, -0.2) is 33.5 Å². The monoisotopic (exact) mass is 416 g/mol. The number of hydrogen-bond acceptors (Lipinski definition) is 6. The number of nitrogens with one attached hydrogen (secondary N) is 1. The summed E-state index contributed by atoms with van der Waals surface area (Å²) in [5.41, 5.74) is 1.84. The van der Waals surface area contributed by atoms with Crippen molar-refractivity contribution in [2.24, 2.45) is 0 Å². The fourth-order valence-corrected chi connectivity index (χ4v) is 4.54. The molecule has 0 radical (unpaired) electrons. The van der Waals surface area contributed by atoms with Gasteiger partial charge in [-0.2, -0.15) is 0 Å². The van der Waals surface area contributed by atoms with Crippen molar-refractivity contribution in [2.45, 2.75) is 38.4 Å². The van der Waals surface area contributed by atoms with Crippen LogP contribution >= 0.6 is 23.1 Å². The Bertz CT molecular complexity index is 919. The molecule has 0 saturated carbocycles. The fraction of sp³-hybridized carbons (Fsp3) is 0.350. The molecule has 6 nitrogen and oxygen atoms in total. The molecule has 0 aliphatic heterocycles. The minimum Gasteiger partial charge on any atom is -0.497 e. The van der Waals surface area contributed by atoms with E-state index in [1.165, 1.54) is 16.6 Å². The summed E-state index contributed by atoms with van der Waals surface area (Å²) in [7, 11) is 1.61. The van der Waals surface area contributed by atoms with Crippen LogP contribution in [0.25, 0.3) is 11.4 Å². The first kappa shape index (κ1) is 20.4. The summed E-state index contributed by atoms with van der Waals surface area (Å²) in [5, 5.41) is 14.4. The lowest BCUT2D eigenvalue weighted by atomic mass is 10.2. The molecule has 28 heavy (non-hydrogen) atoms. The number of benzene rings is 1. The van der Waals surface area contributed by atoms with E-state index in [0.717, 1.165) is 47.4 Å². The Kier molecular flexibility index (Phi) is 7.11. The largest absolute Gasteiger partial charge is 0.497 e. The number of hydrogen-bond donors (Lipinski definition) is 1. The molecule has 0 atom stereocenters. The minimum atomic E-state index is -0.0804. The summed E-state index contributed by atoms with van der Waals surface area (Å²) in [6.07, 6.45) is 2.21. The molecule has 0 aliphatic carbocycles. The van der Waals surface area contributed by atoms with E-state index in [1.54, 1.807) is 18.4 Å². The molecule has 0 saturated heterocycles. The molecule has 0 aliphatic rings. The molecule has 8 heteroatoms. The van der Waals surface area contributed by atoms with Crippen LogP contribution < -0.4 is 10.1 Å². The second kappa shape index (κ2) is 9.75. The molecule has 0 spiro atoms. The molecule has 0 fully saturated rings. The van der Waals surface area contributed by atoms with Crippen LogP contribution in [-0.2, 0) is 17.8 Å². The number of thioether (sulfide) groups is 1. The van der Waals surface area contributed by atoms with Crippen molar-refractivity contribution in [3.63, 3.8) is 0 Å². The van der Waals surface area contributed by atoms with Crippen molar-refractivity contribution in [2.75, 3.05) is 18.2 Å². The van der Waals surface area contributed by atoms with Crippen molar-refractivity contribution in [1.82, 2.24) is 14.8 Å². The maximum atomic E-state index is 12.3. The SMILES string of the molecule is CCCc1cc(-c2nnc(SCC(=O)Nc3ccc(OC)cc3)n2CC)cs1. The van der Waals surface area contributed by atoms with E-state index >= 15 is 0 Å². The van der Waals surface area contributed by atoms with Crippen molar-refractivity contribution in [3.05, 3.63) is 40.6 Å². The van der Waals surface area contributed by atoms with E-state index in [2.05, 4.69) is 45.4 Å². The summed E-state index contributed by atoms with van der Waals surface area (Å²) in [5.74, 6) is 1.81. The van der Waals surface area contributed by atoms with Gasteiger partial charge in [-0.3, -0.25) is 4.79 Å². The zero-order chi connectivity index (χ0) is 19.9. The molecule has 2 aromatic heterocycles. The van der Waals surface area contributed by atoms with Crippen molar-refractivity contribution < 1.29 is 9.53 Å². The number of aromatic nitrogens is 3. The number of thiophene rings is 1. The Morgan fingerprint density at radius 2 is 2.04 bits per heavy atom. The lowest BCUT2D eigenvalue weighted by molar-refractivity contribution is -0.113. The molecule has 1 aromatic carbocycles. The molecule has 0 bridgehead atoms. The molecule has 0 unspecified atom stereocenters. The smallest absolute Gasteiger partial charge is 0.234 e. The van der Waals surface area contributed by atoms with Crippen LogP contribution in [0.2, 0.25) is 0 Å². The van der Waals surface area contributed by atoms with Gasteiger partial charge >= 0.3 is 0 Å². The average Bonchev–Trinajstić information content (AvgIpc) is 3.33. The van der Waals surface area contributed by atoms with Gasteiger partial charge < -0.3 is 14.6 Å². The number of carbonyl (C=O) groups is 1. The lowest BCUT2D eigenvalue weighted by Gasteiger charge is -2.07. The first-order chi connectivity index (χ1) is 13.6. The predicted octanol–water partition coefficient (Wildman–Crippen LogP) is 4.72. The standard InChI is InChI=1S/C20H24N4O2S2/c1-4-6-17-11-14(12-27-17)19-22-23-20(24(19)5-2)28-13-18(25)21-15-7-9-16(26-3)10-8-15/h7-12H,4-6,13H2,1-3H3,(H,21,25). The second-order valence-corrected chi connectivity index (χ2v) is 8.11. The Balaban J connectivity index is 1.63. The Morgan fingerprint density at radius 1 is 1.25 bits per heavy atom. The highest BCUT2D eigenvalue weighted by molar-refractivity contribution is 7.99. The molecule has 2 heterocycles. The third-order valence-electron chi connectivity index (χ3n) is 4.15. The maximum absolute atomic E-state index is 12.3. The topological polar surface area (TPSA) is 69.0 Å². The summed E-state index contributed by atoms with van der Waals surface area (Å²) in [4.78, 5) is 13.6. The summed E-state index contributed by atoms with van der Waals surface area (Å²) < 4.78 is 7.18. The number of amides is 1. The number of aryl methyl sites for hydroxylation is 1. The highest BCUT2D eigenvalue weighted by atomic mass is 32.2. The molecule has 3 rings (SSSR count). The summed E-state index contributed by atoms with van der Waals surface area (Å²) in [6.45, 7) is 5.00. The number of methoxy groups -OCH3 is 1. The lowest BCUT2D eigenvalue weighted by Crippen LogP contribution is -2.14. The van der Waals surface area contributed by atoms with E-state index in [-0.39, 0.29) is 11.7 Å². The number of carbonyl (C=O) groups excluding carboxylic acids is 1. The van der Waals surface area contributed by atoms with Gasteiger partial charge in [0.25, 0.3) is 0 Å². The van der Waals surface area contributed by atoms with E-state index in [1.807, 2.05) is 24.3 Å². The van der Waals surface area contributed by atoms with Gasteiger partial charge in [-0.25, -0.2) is 0 Å². The number of ether oxygens (including phenoxy) is 1. The van der Waals surface area contributed by atoms with Gasteiger partial charge in [0, 0.05) is 28.1 Å². The summed E-state index contributed by atoms with van der Waals surface area (Å²) in [6, 6.07) is 9.46. The Hall–Kier alpha value is -2.32. The molecule has 3 aromatic rings. The molecular formula is C20H24N4O2S2. The average molecular weight is 417 g/mol. The second-order valence-electron chi connectivity index (χ2n) is 6.17. The normalized spacial score (nSPS) is 10.8. The highest BCUT2D eigenvalue weighted by Gasteiger charge is 2.16. The van der Waals surface area contributed by atoms with Crippen LogP contribution in [0.5, 0.6) is 5.75 Å². The Labute approximate surface area is 173 Å². The third-order valence-corrected chi connectivity index (χ3v) is 6.11. The first-order valence-electron chi connectivity index (χ1n) is 9.22. The van der Waals surface area contributed by atoms with E-state index < -0.39 is 0 Å². The highest BCUT2D eigenvalue weighted by Crippen LogP contribution is 2.28. The number of rotatable bonds is 9. The van der Waals surface area contributed by atoms with Crippen LogP contribution in [0, 0.1) is 0 Å². The van der Waals surface area contributed by atoms with Crippen molar-refractivity contribution >= 4 is 34.7 Å². The predicted molar refractivity (Wildman–Crippen MR) is 115 cm³/mol. The van der Waals surface area contributed by atoms with Gasteiger partial charge in [0.15, 0.2) is 11.0 Å². The van der Waals surface area contributed by atoms with E-state index in [0.29, 0.717) is 0 Å². The fourth-order valence-electron chi connectivity index (χ4n) is 2.77. The van der Waals surface area contributed by atoms with E-state index in [9.17, 15) is 4.79 Å². The third kappa shape index (κ3) is 4.94. The van der Waals surface area contributed by atoms with Crippen molar-refractivity contribution in [1.29, 1.82) is 0 Å². The van der Waals surface area contributed by atoms with Crippen LogP contribution in [0.3, 0.4) is 0 Å². The van der Waals surface area contributed by atoms with Gasteiger partial charge in [0.05, 0.1) is 12.9 Å². The zero-order valence-electron chi connectivity index (χ0n) is 16.3. The van der Waals surface area contributed by atoms with Gasteiger partial charge in [-0.15, -0.1) is 21.5 Å². The van der Waals surface area contributed by atoms with Crippen LogP contribution in [0.1, 0.15) is 25.1 Å². The van der Waals surface area contributed by atoms with Gasteiger partial charge in [0.1, 0.15) is 5.75 Å². The molecule has 148 valence electrons. The quantitative estimate of drug-likeness (QED) is 0.511. The Morgan fingerprint density at radius 3 is 2.71 bits per heavy atom. The molecular weight excluding hydrogens is 392 g/mol. The number of anilines is 1.